The van der Waals surface area contributed by atoms with Crippen molar-refractivity contribution in [1.29, 1.82) is 0 Å². The molecule has 2 aromatic rings. The van der Waals surface area contributed by atoms with Crippen molar-refractivity contribution in [3.05, 3.63) is 60.1 Å². The third-order valence-corrected chi connectivity index (χ3v) is 5.84. The fourth-order valence-electron chi connectivity index (χ4n) is 3.13. The molecule has 0 bridgehead atoms. The number of carbonyl (C=O) groups excluding carboxylic acids is 1. The molecule has 7 heteroatoms. The molecule has 1 unspecified atom stereocenters. The van der Waals surface area contributed by atoms with Gasteiger partial charge in [0.2, 0.25) is 15.9 Å². The van der Waals surface area contributed by atoms with E-state index in [-0.39, 0.29) is 17.9 Å². The molecule has 1 fully saturated rings. The predicted molar refractivity (Wildman–Crippen MR) is 94.3 cm³/mol. The van der Waals surface area contributed by atoms with Gasteiger partial charge in [-0.15, -0.1) is 0 Å². The van der Waals surface area contributed by atoms with Gasteiger partial charge in [0.1, 0.15) is 11.8 Å². The number of nitrogens with one attached hydrogen (secondary N) is 1. The Balaban J connectivity index is 1.70. The number of sulfonamides is 1. The zero-order valence-electron chi connectivity index (χ0n) is 14.1. The second kappa shape index (κ2) is 7.41. The third-order valence-electron chi connectivity index (χ3n) is 4.54. The number of benzene rings is 1. The smallest absolute Gasteiger partial charge is 0.224 e. The number of rotatable bonds is 5. The summed E-state index contributed by atoms with van der Waals surface area (Å²) in [6, 6.07) is 12.9. The van der Waals surface area contributed by atoms with Gasteiger partial charge in [-0.2, -0.15) is 0 Å². The zero-order valence-corrected chi connectivity index (χ0v) is 14.9. The normalized spacial score (nSPS) is 18.0. The lowest BCUT2D eigenvalue weighted by molar-refractivity contribution is -0.126. The molecule has 1 aliphatic rings. The fraction of sp³-hybridized carbons (Fsp3) is 0.389. The van der Waals surface area contributed by atoms with Crippen molar-refractivity contribution in [3.63, 3.8) is 0 Å². The van der Waals surface area contributed by atoms with Crippen molar-refractivity contribution in [2.24, 2.45) is 5.92 Å². The fourth-order valence-corrected chi connectivity index (χ4v) is 4.00. The second-order valence-electron chi connectivity index (χ2n) is 6.30. The molecule has 3 rings (SSSR count). The number of piperidine rings is 1. The Morgan fingerprint density at radius 2 is 1.84 bits per heavy atom. The van der Waals surface area contributed by atoms with Crippen molar-refractivity contribution in [3.8, 4) is 0 Å². The number of nitrogens with zero attached hydrogens (tertiary/aromatic N) is 1. The van der Waals surface area contributed by atoms with Crippen LogP contribution in [0.1, 0.15) is 30.2 Å². The number of hydrogen-bond donors (Lipinski definition) is 1. The molecule has 0 spiro atoms. The van der Waals surface area contributed by atoms with Gasteiger partial charge in [-0.1, -0.05) is 30.3 Å². The first kappa shape index (κ1) is 17.7. The SMILES string of the molecule is CS(=O)(=O)N1CCC(C(=O)NC(c2ccccc2)c2ccco2)CC1. The van der Waals surface area contributed by atoms with Gasteiger partial charge in [0.15, 0.2) is 0 Å². The molecule has 1 saturated heterocycles. The highest BCUT2D eigenvalue weighted by molar-refractivity contribution is 7.88. The molecule has 1 atom stereocenters. The number of carbonyl (C=O) groups is 1. The van der Waals surface area contributed by atoms with Crippen LogP contribution >= 0.6 is 0 Å². The molecular formula is C18H22N2O4S. The summed E-state index contributed by atoms with van der Waals surface area (Å²) in [6.45, 7) is 0.765. The van der Waals surface area contributed by atoms with Gasteiger partial charge >= 0.3 is 0 Å². The lowest BCUT2D eigenvalue weighted by Crippen LogP contribution is -2.43. The van der Waals surface area contributed by atoms with E-state index < -0.39 is 10.0 Å². The molecule has 6 nitrogen and oxygen atoms in total. The van der Waals surface area contributed by atoms with Crippen LogP contribution in [0, 0.1) is 5.92 Å². The molecule has 134 valence electrons. The van der Waals surface area contributed by atoms with Gasteiger partial charge in [0.25, 0.3) is 0 Å². The van der Waals surface area contributed by atoms with E-state index in [1.165, 1.54) is 10.6 Å². The molecule has 2 heterocycles. The summed E-state index contributed by atoms with van der Waals surface area (Å²) >= 11 is 0. The highest BCUT2D eigenvalue weighted by Gasteiger charge is 2.30. The summed E-state index contributed by atoms with van der Waals surface area (Å²) in [5.41, 5.74) is 0.944. The first-order valence-corrected chi connectivity index (χ1v) is 10.1. The summed E-state index contributed by atoms with van der Waals surface area (Å²) in [6.07, 6.45) is 3.84. The van der Waals surface area contributed by atoms with E-state index in [0.29, 0.717) is 31.7 Å². The Kier molecular flexibility index (Phi) is 5.24. The third kappa shape index (κ3) is 4.29. The molecule has 0 saturated carbocycles. The topological polar surface area (TPSA) is 79.6 Å². The van der Waals surface area contributed by atoms with E-state index in [9.17, 15) is 13.2 Å². The monoisotopic (exact) mass is 362 g/mol. The Hall–Kier alpha value is -2.12. The van der Waals surface area contributed by atoms with Crippen LogP contribution in [0.15, 0.2) is 53.1 Å². The predicted octanol–water partition coefficient (Wildman–Crippen LogP) is 2.16. The van der Waals surface area contributed by atoms with E-state index in [1.807, 2.05) is 36.4 Å². The van der Waals surface area contributed by atoms with Crippen LogP contribution in [-0.2, 0) is 14.8 Å². The first-order chi connectivity index (χ1) is 11.9. The molecule has 1 N–H and O–H groups in total. The quantitative estimate of drug-likeness (QED) is 0.884. The lowest BCUT2D eigenvalue weighted by atomic mass is 9.95. The molecule has 0 radical (unpaired) electrons. The van der Waals surface area contributed by atoms with Crippen molar-refractivity contribution < 1.29 is 17.6 Å². The number of hydrogen-bond acceptors (Lipinski definition) is 4. The van der Waals surface area contributed by atoms with E-state index in [4.69, 9.17) is 4.42 Å². The summed E-state index contributed by atoms with van der Waals surface area (Å²) in [5, 5.41) is 3.06. The molecule has 1 aromatic carbocycles. The van der Waals surface area contributed by atoms with E-state index in [2.05, 4.69) is 5.32 Å². The Morgan fingerprint density at radius 3 is 2.40 bits per heavy atom. The maximum atomic E-state index is 12.7. The van der Waals surface area contributed by atoms with Crippen LogP contribution in [-0.4, -0.2) is 38.0 Å². The summed E-state index contributed by atoms with van der Waals surface area (Å²) in [7, 11) is -3.19. The largest absolute Gasteiger partial charge is 0.467 e. The molecule has 1 aromatic heterocycles. The lowest BCUT2D eigenvalue weighted by Gasteiger charge is -2.30. The van der Waals surface area contributed by atoms with Crippen LogP contribution in [0.4, 0.5) is 0 Å². The minimum Gasteiger partial charge on any atom is -0.467 e. The number of amides is 1. The van der Waals surface area contributed by atoms with Crippen LogP contribution in [0.25, 0.3) is 0 Å². The standard InChI is InChI=1S/C18H22N2O4S/c1-25(22,23)20-11-9-15(10-12-20)18(21)19-17(16-8-5-13-24-16)14-6-3-2-4-7-14/h2-8,13,15,17H,9-12H2,1H3,(H,19,21). The molecule has 1 amide bonds. The zero-order chi connectivity index (χ0) is 17.9. The van der Waals surface area contributed by atoms with E-state index >= 15 is 0 Å². The van der Waals surface area contributed by atoms with Gasteiger partial charge in [-0.3, -0.25) is 4.79 Å². The minimum absolute atomic E-state index is 0.0709. The Morgan fingerprint density at radius 1 is 1.16 bits per heavy atom. The average molecular weight is 362 g/mol. The van der Waals surface area contributed by atoms with Crippen molar-refractivity contribution in [2.75, 3.05) is 19.3 Å². The molecule has 1 aliphatic heterocycles. The second-order valence-corrected chi connectivity index (χ2v) is 8.29. The summed E-state index contributed by atoms with van der Waals surface area (Å²) in [4.78, 5) is 12.7. The van der Waals surface area contributed by atoms with E-state index in [1.54, 1.807) is 12.3 Å². The summed E-state index contributed by atoms with van der Waals surface area (Å²) in [5.74, 6) is 0.408. The van der Waals surface area contributed by atoms with Gasteiger partial charge < -0.3 is 9.73 Å². The van der Waals surface area contributed by atoms with Crippen LogP contribution < -0.4 is 5.32 Å². The van der Waals surface area contributed by atoms with Gasteiger partial charge in [-0.05, 0) is 30.5 Å². The summed E-state index contributed by atoms with van der Waals surface area (Å²) < 4.78 is 30.1. The highest BCUT2D eigenvalue weighted by Crippen LogP contribution is 2.25. The van der Waals surface area contributed by atoms with Crippen molar-refractivity contribution >= 4 is 15.9 Å². The molecular weight excluding hydrogens is 340 g/mol. The highest BCUT2D eigenvalue weighted by atomic mass is 32.2. The minimum atomic E-state index is -3.19. The van der Waals surface area contributed by atoms with Crippen molar-refractivity contribution in [1.82, 2.24) is 9.62 Å². The van der Waals surface area contributed by atoms with E-state index in [0.717, 1.165) is 5.56 Å². The van der Waals surface area contributed by atoms with Gasteiger partial charge in [0, 0.05) is 19.0 Å². The maximum Gasteiger partial charge on any atom is 0.224 e. The molecule has 0 aliphatic carbocycles. The van der Waals surface area contributed by atoms with Crippen molar-refractivity contribution in [2.45, 2.75) is 18.9 Å². The van der Waals surface area contributed by atoms with Crippen LogP contribution in [0.2, 0.25) is 0 Å². The van der Waals surface area contributed by atoms with Gasteiger partial charge in [-0.25, -0.2) is 12.7 Å². The van der Waals surface area contributed by atoms with Crippen LogP contribution in [0.3, 0.4) is 0 Å². The maximum absolute atomic E-state index is 12.7. The average Bonchev–Trinajstić information content (AvgIpc) is 3.14. The van der Waals surface area contributed by atoms with Crippen LogP contribution in [0.5, 0.6) is 0 Å². The van der Waals surface area contributed by atoms with Gasteiger partial charge in [0.05, 0.1) is 12.5 Å². The molecule has 25 heavy (non-hydrogen) atoms. The first-order valence-electron chi connectivity index (χ1n) is 8.29. The number of furan rings is 1. The Bertz CT molecular complexity index is 795. The Labute approximate surface area is 147 Å².